The van der Waals surface area contributed by atoms with Crippen LogP contribution >= 0.6 is 0 Å². The molecule has 0 aromatic heterocycles. The van der Waals surface area contributed by atoms with Gasteiger partial charge >= 0.3 is 5.97 Å². The van der Waals surface area contributed by atoms with Crippen LogP contribution in [0.2, 0.25) is 0 Å². The standard InChI is InChI=1S/C10H10O5/c1-4-5-3-15-10(13)6(5)9(14-2)8(12)7(4)11/h11-12H,3H2,1-2H3. The molecule has 0 unspecified atom stereocenters. The zero-order chi connectivity index (χ0) is 11.2. The largest absolute Gasteiger partial charge is 0.504 e. The molecule has 0 aliphatic carbocycles. The van der Waals surface area contributed by atoms with E-state index in [1.165, 1.54) is 7.11 Å². The van der Waals surface area contributed by atoms with Gasteiger partial charge in [0.2, 0.25) is 5.75 Å². The molecule has 1 heterocycles. The van der Waals surface area contributed by atoms with Crippen LogP contribution in [0.1, 0.15) is 21.5 Å². The van der Waals surface area contributed by atoms with E-state index in [1.807, 2.05) is 0 Å². The third kappa shape index (κ3) is 1.12. The van der Waals surface area contributed by atoms with Gasteiger partial charge in [0.1, 0.15) is 12.2 Å². The molecule has 1 aromatic rings. The maximum atomic E-state index is 11.4. The van der Waals surface area contributed by atoms with Gasteiger partial charge in [-0.1, -0.05) is 0 Å². The molecule has 80 valence electrons. The number of phenols is 2. The number of esters is 1. The number of benzene rings is 1. The summed E-state index contributed by atoms with van der Waals surface area (Å²) in [5.41, 5.74) is 1.20. The fourth-order valence-electron chi connectivity index (χ4n) is 1.68. The lowest BCUT2D eigenvalue weighted by molar-refractivity contribution is 0.0532. The van der Waals surface area contributed by atoms with Gasteiger partial charge in [-0.15, -0.1) is 0 Å². The first-order valence-electron chi connectivity index (χ1n) is 4.36. The average Bonchev–Trinajstić information content (AvgIpc) is 2.59. The van der Waals surface area contributed by atoms with E-state index < -0.39 is 11.7 Å². The molecule has 0 amide bonds. The summed E-state index contributed by atoms with van der Waals surface area (Å²) in [7, 11) is 1.32. The summed E-state index contributed by atoms with van der Waals surface area (Å²) in [4.78, 5) is 11.4. The Labute approximate surface area is 85.9 Å². The van der Waals surface area contributed by atoms with Crippen molar-refractivity contribution < 1.29 is 24.5 Å². The minimum atomic E-state index is -0.541. The molecule has 0 radical (unpaired) electrons. The fourth-order valence-corrected chi connectivity index (χ4v) is 1.68. The smallest absolute Gasteiger partial charge is 0.342 e. The number of carbonyl (C=O) groups is 1. The van der Waals surface area contributed by atoms with E-state index in [0.29, 0.717) is 11.1 Å². The van der Waals surface area contributed by atoms with Crippen LogP contribution < -0.4 is 4.74 Å². The van der Waals surface area contributed by atoms with Crippen molar-refractivity contribution >= 4 is 5.97 Å². The second-order valence-electron chi connectivity index (χ2n) is 3.29. The number of phenolic OH excluding ortho intramolecular Hbond substituents is 2. The van der Waals surface area contributed by atoms with Crippen LogP contribution in [0.25, 0.3) is 0 Å². The van der Waals surface area contributed by atoms with Gasteiger partial charge in [0.25, 0.3) is 0 Å². The Morgan fingerprint density at radius 2 is 2.00 bits per heavy atom. The van der Waals surface area contributed by atoms with Gasteiger partial charge in [-0.2, -0.15) is 0 Å². The lowest BCUT2D eigenvalue weighted by Gasteiger charge is -2.11. The molecule has 0 saturated heterocycles. The molecule has 0 bridgehead atoms. The zero-order valence-corrected chi connectivity index (χ0v) is 8.33. The molecule has 2 rings (SSSR count). The lowest BCUT2D eigenvalue weighted by atomic mass is 10.0. The summed E-state index contributed by atoms with van der Waals surface area (Å²) >= 11 is 0. The van der Waals surface area contributed by atoms with E-state index in [1.54, 1.807) is 6.92 Å². The van der Waals surface area contributed by atoms with Crippen molar-refractivity contribution in [2.24, 2.45) is 0 Å². The number of aromatic hydroxyl groups is 2. The summed E-state index contributed by atoms with van der Waals surface area (Å²) in [5.74, 6) is -1.27. The topological polar surface area (TPSA) is 76.0 Å². The van der Waals surface area contributed by atoms with E-state index in [-0.39, 0.29) is 23.7 Å². The van der Waals surface area contributed by atoms with Gasteiger partial charge in [0, 0.05) is 11.1 Å². The number of hydrogen-bond donors (Lipinski definition) is 2. The van der Waals surface area contributed by atoms with Crippen LogP contribution in [0.5, 0.6) is 17.2 Å². The second kappa shape index (κ2) is 3.05. The molecule has 2 N–H and O–H groups in total. The van der Waals surface area contributed by atoms with Crippen molar-refractivity contribution in [2.75, 3.05) is 7.11 Å². The molecule has 5 nitrogen and oxygen atoms in total. The molecular weight excluding hydrogens is 200 g/mol. The SMILES string of the molecule is COc1c(O)c(O)c(C)c2c1C(=O)OC2. The molecule has 5 heteroatoms. The Morgan fingerprint density at radius 3 is 2.60 bits per heavy atom. The normalized spacial score (nSPS) is 13.6. The zero-order valence-electron chi connectivity index (χ0n) is 8.33. The number of cyclic esters (lactones) is 1. The third-order valence-corrected chi connectivity index (χ3v) is 2.53. The highest BCUT2D eigenvalue weighted by molar-refractivity contribution is 5.98. The Morgan fingerprint density at radius 1 is 1.33 bits per heavy atom. The van der Waals surface area contributed by atoms with Crippen molar-refractivity contribution in [3.05, 3.63) is 16.7 Å². The number of ether oxygens (including phenoxy) is 2. The Balaban J connectivity index is 2.82. The van der Waals surface area contributed by atoms with Crippen molar-refractivity contribution in [1.29, 1.82) is 0 Å². The summed E-state index contributed by atoms with van der Waals surface area (Å²) in [5, 5.41) is 19.1. The van der Waals surface area contributed by atoms with Crippen LogP contribution in [-0.4, -0.2) is 23.3 Å². The summed E-state index contributed by atoms with van der Waals surface area (Å²) in [6, 6.07) is 0. The summed E-state index contributed by atoms with van der Waals surface area (Å²) in [6.07, 6.45) is 0. The molecule has 0 fully saturated rings. The molecular formula is C10H10O5. The average molecular weight is 210 g/mol. The fraction of sp³-hybridized carbons (Fsp3) is 0.300. The predicted octanol–water partition coefficient (Wildman–Crippen LogP) is 1.09. The van der Waals surface area contributed by atoms with Gasteiger partial charge < -0.3 is 19.7 Å². The predicted molar refractivity (Wildman–Crippen MR) is 50.2 cm³/mol. The quantitative estimate of drug-likeness (QED) is 0.536. The molecule has 1 aromatic carbocycles. The monoisotopic (exact) mass is 210 g/mol. The highest BCUT2D eigenvalue weighted by atomic mass is 16.5. The second-order valence-corrected chi connectivity index (χ2v) is 3.29. The molecule has 1 aliphatic rings. The first-order chi connectivity index (χ1) is 7.07. The number of methoxy groups -OCH3 is 1. The summed E-state index contributed by atoms with van der Waals surface area (Å²) < 4.78 is 9.70. The van der Waals surface area contributed by atoms with Crippen molar-refractivity contribution in [2.45, 2.75) is 13.5 Å². The van der Waals surface area contributed by atoms with Crippen molar-refractivity contribution in [3.63, 3.8) is 0 Å². The van der Waals surface area contributed by atoms with Crippen LogP contribution in [0.3, 0.4) is 0 Å². The van der Waals surface area contributed by atoms with E-state index >= 15 is 0 Å². The van der Waals surface area contributed by atoms with Crippen LogP contribution in [0.15, 0.2) is 0 Å². The Bertz CT molecular complexity index is 450. The van der Waals surface area contributed by atoms with Crippen molar-refractivity contribution in [3.8, 4) is 17.2 Å². The third-order valence-electron chi connectivity index (χ3n) is 2.53. The molecule has 0 atom stereocenters. The maximum absolute atomic E-state index is 11.4. The first kappa shape index (κ1) is 9.64. The van der Waals surface area contributed by atoms with Gasteiger partial charge in [-0.05, 0) is 6.92 Å². The Kier molecular flexibility index (Phi) is 1.96. The lowest BCUT2D eigenvalue weighted by Crippen LogP contribution is -2.00. The number of carbonyl (C=O) groups excluding carboxylic acids is 1. The van der Waals surface area contributed by atoms with E-state index in [0.717, 1.165) is 0 Å². The molecule has 0 spiro atoms. The van der Waals surface area contributed by atoms with Gasteiger partial charge in [-0.3, -0.25) is 0 Å². The minimum absolute atomic E-state index is 0.0319. The van der Waals surface area contributed by atoms with Crippen LogP contribution in [0.4, 0.5) is 0 Å². The van der Waals surface area contributed by atoms with Crippen LogP contribution in [0, 0.1) is 6.92 Å². The number of fused-ring (bicyclic) bond motifs is 1. The van der Waals surface area contributed by atoms with Crippen LogP contribution in [-0.2, 0) is 11.3 Å². The Hall–Kier alpha value is -1.91. The van der Waals surface area contributed by atoms with E-state index in [4.69, 9.17) is 9.47 Å². The highest BCUT2D eigenvalue weighted by Gasteiger charge is 2.32. The van der Waals surface area contributed by atoms with E-state index in [2.05, 4.69) is 0 Å². The number of hydrogen-bond acceptors (Lipinski definition) is 5. The number of rotatable bonds is 1. The van der Waals surface area contributed by atoms with Crippen molar-refractivity contribution in [1.82, 2.24) is 0 Å². The first-order valence-corrected chi connectivity index (χ1v) is 4.36. The highest BCUT2D eigenvalue weighted by Crippen LogP contribution is 2.45. The van der Waals surface area contributed by atoms with E-state index in [9.17, 15) is 15.0 Å². The molecule has 15 heavy (non-hydrogen) atoms. The maximum Gasteiger partial charge on any atom is 0.342 e. The minimum Gasteiger partial charge on any atom is -0.504 e. The molecule has 1 aliphatic heterocycles. The van der Waals surface area contributed by atoms with Gasteiger partial charge in [0.15, 0.2) is 11.5 Å². The van der Waals surface area contributed by atoms with Gasteiger partial charge in [-0.25, -0.2) is 4.79 Å². The summed E-state index contributed by atoms with van der Waals surface area (Å²) in [6.45, 7) is 1.71. The molecule has 0 saturated carbocycles. The van der Waals surface area contributed by atoms with Gasteiger partial charge in [0.05, 0.1) is 7.11 Å².